The SMILES string of the molecule is Brc1ccc(-c2nc(-c3ccccc3)cc(-c3cccc(-c4ccc5c6ccccc6c6ccccc6c5c4)c3)n2)cc1. The summed E-state index contributed by atoms with van der Waals surface area (Å²) in [6.45, 7) is 0. The molecule has 3 heteroatoms. The van der Waals surface area contributed by atoms with Crippen molar-refractivity contribution in [2.75, 3.05) is 0 Å². The molecule has 1 heterocycles. The van der Waals surface area contributed by atoms with Crippen LogP contribution in [-0.2, 0) is 0 Å². The summed E-state index contributed by atoms with van der Waals surface area (Å²) in [5.41, 5.74) is 7.23. The van der Waals surface area contributed by atoms with Gasteiger partial charge in [-0.05, 0) is 73.8 Å². The van der Waals surface area contributed by atoms with Crippen molar-refractivity contribution in [1.29, 1.82) is 0 Å². The molecule has 0 aliphatic rings. The molecule has 0 aliphatic carbocycles. The Morgan fingerprint density at radius 2 is 0.814 bits per heavy atom. The van der Waals surface area contributed by atoms with E-state index in [0.717, 1.165) is 38.1 Å². The highest BCUT2D eigenvalue weighted by molar-refractivity contribution is 9.10. The number of nitrogens with zero attached hydrogens (tertiary/aromatic N) is 2. The summed E-state index contributed by atoms with van der Waals surface area (Å²) < 4.78 is 1.03. The second kappa shape index (κ2) is 10.6. The molecule has 0 saturated heterocycles. The normalized spacial score (nSPS) is 11.4. The highest BCUT2D eigenvalue weighted by atomic mass is 79.9. The van der Waals surface area contributed by atoms with Crippen LogP contribution in [-0.4, -0.2) is 9.97 Å². The van der Waals surface area contributed by atoms with Gasteiger partial charge in [-0.1, -0.05) is 137 Å². The Morgan fingerprint density at radius 1 is 0.326 bits per heavy atom. The van der Waals surface area contributed by atoms with E-state index < -0.39 is 0 Å². The van der Waals surface area contributed by atoms with E-state index in [1.54, 1.807) is 0 Å². The lowest BCUT2D eigenvalue weighted by Gasteiger charge is -2.13. The second-order valence-corrected chi connectivity index (χ2v) is 11.7. The predicted octanol–water partition coefficient (Wildman–Crippen LogP) is 11.4. The molecule has 1 aromatic heterocycles. The maximum Gasteiger partial charge on any atom is 0.160 e. The van der Waals surface area contributed by atoms with Crippen molar-refractivity contribution in [3.05, 3.63) is 156 Å². The van der Waals surface area contributed by atoms with Crippen molar-refractivity contribution in [2.24, 2.45) is 0 Å². The lowest BCUT2D eigenvalue weighted by atomic mass is 9.91. The molecule has 0 spiro atoms. The lowest BCUT2D eigenvalue weighted by Crippen LogP contribution is -1.96. The summed E-state index contributed by atoms with van der Waals surface area (Å²) in [5.74, 6) is 0.707. The first-order chi connectivity index (χ1) is 21.2. The number of fused-ring (bicyclic) bond motifs is 6. The first-order valence-electron chi connectivity index (χ1n) is 14.4. The minimum atomic E-state index is 0.707. The summed E-state index contributed by atoms with van der Waals surface area (Å²) >= 11 is 3.55. The van der Waals surface area contributed by atoms with Gasteiger partial charge in [0.15, 0.2) is 5.82 Å². The largest absolute Gasteiger partial charge is 0.228 e. The van der Waals surface area contributed by atoms with Crippen molar-refractivity contribution in [3.8, 4) is 45.0 Å². The highest BCUT2D eigenvalue weighted by Gasteiger charge is 2.13. The number of benzene rings is 7. The molecule has 202 valence electrons. The first-order valence-corrected chi connectivity index (χ1v) is 15.1. The fourth-order valence-electron chi connectivity index (χ4n) is 6.03. The molecule has 0 amide bonds. The van der Waals surface area contributed by atoms with Crippen LogP contribution >= 0.6 is 15.9 Å². The van der Waals surface area contributed by atoms with Gasteiger partial charge in [-0.2, -0.15) is 0 Å². The fraction of sp³-hybridized carbons (Fsp3) is 0. The van der Waals surface area contributed by atoms with Gasteiger partial charge >= 0.3 is 0 Å². The zero-order valence-corrected chi connectivity index (χ0v) is 24.8. The van der Waals surface area contributed by atoms with Gasteiger partial charge < -0.3 is 0 Å². The van der Waals surface area contributed by atoms with E-state index in [0.29, 0.717) is 5.82 Å². The number of halogens is 1. The molecule has 0 radical (unpaired) electrons. The van der Waals surface area contributed by atoms with Crippen LogP contribution in [0.4, 0.5) is 0 Å². The molecule has 0 unspecified atom stereocenters. The van der Waals surface area contributed by atoms with Crippen LogP contribution in [0.25, 0.3) is 77.3 Å². The van der Waals surface area contributed by atoms with Crippen molar-refractivity contribution in [2.45, 2.75) is 0 Å². The van der Waals surface area contributed by atoms with Gasteiger partial charge in [-0.25, -0.2) is 9.97 Å². The minimum absolute atomic E-state index is 0.707. The molecular formula is C40H25BrN2. The molecule has 0 saturated carbocycles. The van der Waals surface area contributed by atoms with Gasteiger partial charge in [0.25, 0.3) is 0 Å². The summed E-state index contributed by atoms with van der Waals surface area (Å²) in [6.07, 6.45) is 0. The average Bonchev–Trinajstić information content (AvgIpc) is 3.09. The minimum Gasteiger partial charge on any atom is -0.228 e. The van der Waals surface area contributed by atoms with Crippen LogP contribution in [0, 0.1) is 0 Å². The van der Waals surface area contributed by atoms with E-state index in [1.165, 1.54) is 37.9 Å². The molecule has 0 atom stereocenters. The molecule has 0 fully saturated rings. The highest BCUT2D eigenvalue weighted by Crippen LogP contribution is 2.38. The number of rotatable bonds is 4. The quantitative estimate of drug-likeness (QED) is 0.185. The van der Waals surface area contributed by atoms with Crippen LogP contribution in [0.2, 0.25) is 0 Å². The van der Waals surface area contributed by atoms with E-state index in [1.807, 2.05) is 30.3 Å². The van der Waals surface area contributed by atoms with Crippen LogP contribution < -0.4 is 0 Å². The van der Waals surface area contributed by atoms with Crippen LogP contribution in [0.1, 0.15) is 0 Å². The van der Waals surface area contributed by atoms with Gasteiger partial charge in [0.05, 0.1) is 11.4 Å². The number of aromatic nitrogens is 2. The average molecular weight is 614 g/mol. The summed E-state index contributed by atoms with van der Waals surface area (Å²) in [4.78, 5) is 10.0. The first kappa shape index (κ1) is 25.6. The zero-order valence-electron chi connectivity index (χ0n) is 23.2. The molecule has 7 aromatic carbocycles. The zero-order chi connectivity index (χ0) is 28.8. The van der Waals surface area contributed by atoms with Crippen molar-refractivity contribution < 1.29 is 0 Å². The Hall–Kier alpha value is -5.12. The summed E-state index contributed by atoms with van der Waals surface area (Å²) in [6, 6.07) is 53.5. The lowest BCUT2D eigenvalue weighted by molar-refractivity contribution is 1.18. The molecule has 43 heavy (non-hydrogen) atoms. The van der Waals surface area contributed by atoms with Gasteiger partial charge in [-0.15, -0.1) is 0 Å². The van der Waals surface area contributed by atoms with Crippen LogP contribution in [0.5, 0.6) is 0 Å². The van der Waals surface area contributed by atoms with E-state index in [-0.39, 0.29) is 0 Å². The van der Waals surface area contributed by atoms with Crippen molar-refractivity contribution in [3.63, 3.8) is 0 Å². The Kier molecular flexibility index (Phi) is 6.31. The van der Waals surface area contributed by atoms with E-state index in [2.05, 4.69) is 137 Å². The summed E-state index contributed by atoms with van der Waals surface area (Å²) in [5, 5.41) is 7.68. The van der Waals surface area contributed by atoms with Crippen molar-refractivity contribution >= 4 is 48.2 Å². The second-order valence-electron chi connectivity index (χ2n) is 10.8. The Labute approximate surface area is 258 Å². The molecule has 0 aliphatic heterocycles. The molecule has 0 N–H and O–H groups in total. The third-order valence-corrected chi connectivity index (χ3v) is 8.66. The van der Waals surface area contributed by atoms with Crippen molar-refractivity contribution in [1.82, 2.24) is 9.97 Å². The third-order valence-electron chi connectivity index (χ3n) is 8.13. The maximum absolute atomic E-state index is 5.06. The van der Waals surface area contributed by atoms with Crippen LogP contribution in [0.3, 0.4) is 0 Å². The monoisotopic (exact) mass is 612 g/mol. The van der Waals surface area contributed by atoms with E-state index >= 15 is 0 Å². The van der Waals surface area contributed by atoms with Gasteiger partial charge in [0, 0.05) is 21.2 Å². The van der Waals surface area contributed by atoms with E-state index in [4.69, 9.17) is 9.97 Å². The number of hydrogen-bond donors (Lipinski definition) is 0. The Balaban J connectivity index is 1.29. The maximum atomic E-state index is 5.06. The smallest absolute Gasteiger partial charge is 0.160 e. The number of hydrogen-bond acceptors (Lipinski definition) is 2. The Morgan fingerprint density at radius 3 is 1.49 bits per heavy atom. The molecule has 2 nitrogen and oxygen atoms in total. The molecule has 8 aromatic rings. The standard InChI is InChI=1S/C40H25BrN2/c41-31-20-17-27(18-21-31)40-42-38(26-9-2-1-3-10-26)25-39(43-40)30-12-8-11-28(23-30)29-19-22-36-34-15-5-4-13-32(34)33-14-6-7-16-35(33)37(36)24-29/h1-25H. The van der Waals surface area contributed by atoms with E-state index in [9.17, 15) is 0 Å². The Bertz CT molecular complexity index is 2260. The summed E-state index contributed by atoms with van der Waals surface area (Å²) in [7, 11) is 0. The fourth-order valence-corrected chi connectivity index (χ4v) is 6.29. The third kappa shape index (κ3) is 4.68. The predicted molar refractivity (Wildman–Crippen MR) is 184 cm³/mol. The molecule has 8 rings (SSSR count). The molecule has 0 bridgehead atoms. The van der Waals surface area contributed by atoms with Gasteiger partial charge in [0.1, 0.15) is 0 Å². The van der Waals surface area contributed by atoms with Gasteiger partial charge in [-0.3, -0.25) is 0 Å². The topological polar surface area (TPSA) is 25.8 Å². The molecular weight excluding hydrogens is 588 g/mol. The van der Waals surface area contributed by atoms with Crippen LogP contribution in [0.15, 0.2) is 156 Å². The van der Waals surface area contributed by atoms with Gasteiger partial charge in [0.2, 0.25) is 0 Å².